The number of carboxylic acids is 1. The topological polar surface area (TPSA) is 75.6 Å². The average molecular weight is 307 g/mol. The standard InChI is InChI=1S/C17H25NO4/c1-5-6-7-22-17(21)18-10-14(16(19)20)15-12(3)8-11(2)9-13(15)4/h8-9,14H,5-7,10H2,1-4H3,(H,18,21)(H,19,20)/t14-/m0/s1. The minimum Gasteiger partial charge on any atom is -0.481 e. The zero-order chi connectivity index (χ0) is 16.7. The maximum Gasteiger partial charge on any atom is 0.407 e. The molecule has 0 spiro atoms. The van der Waals surface area contributed by atoms with E-state index >= 15 is 0 Å². The van der Waals surface area contributed by atoms with Crippen LogP contribution >= 0.6 is 0 Å². The summed E-state index contributed by atoms with van der Waals surface area (Å²) < 4.78 is 4.99. The zero-order valence-corrected chi connectivity index (χ0v) is 13.7. The Morgan fingerprint density at radius 3 is 2.32 bits per heavy atom. The molecule has 1 amide bonds. The number of carboxylic acid groups (broad SMARTS) is 1. The van der Waals surface area contributed by atoms with Crippen LogP contribution in [0.3, 0.4) is 0 Å². The molecule has 1 atom stereocenters. The van der Waals surface area contributed by atoms with Crippen LogP contribution in [0.25, 0.3) is 0 Å². The van der Waals surface area contributed by atoms with Crippen molar-refractivity contribution in [3.63, 3.8) is 0 Å². The molecule has 22 heavy (non-hydrogen) atoms. The summed E-state index contributed by atoms with van der Waals surface area (Å²) in [7, 11) is 0. The summed E-state index contributed by atoms with van der Waals surface area (Å²) in [6, 6.07) is 3.91. The Kier molecular flexibility index (Phi) is 6.89. The van der Waals surface area contributed by atoms with Gasteiger partial charge in [0.15, 0.2) is 0 Å². The first kappa shape index (κ1) is 18.0. The number of ether oxygens (including phenoxy) is 1. The maximum absolute atomic E-state index is 11.6. The van der Waals surface area contributed by atoms with Gasteiger partial charge >= 0.3 is 12.1 Å². The van der Waals surface area contributed by atoms with Gasteiger partial charge in [-0.2, -0.15) is 0 Å². The van der Waals surface area contributed by atoms with E-state index in [0.717, 1.165) is 35.1 Å². The Morgan fingerprint density at radius 1 is 1.23 bits per heavy atom. The number of rotatable bonds is 7. The molecule has 2 N–H and O–H groups in total. The van der Waals surface area contributed by atoms with E-state index in [1.807, 2.05) is 39.8 Å². The highest BCUT2D eigenvalue weighted by atomic mass is 16.5. The third-order valence-corrected chi connectivity index (χ3v) is 3.57. The summed E-state index contributed by atoms with van der Waals surface area (Å²) >= 11 is 0. The van der Waals surface area contributed by atoms with Gasteiger partial charge in [0.05, 0.1) is 12.5 Å². The van der Waals surface area contributed by atoms with Gasteiger partial charge in [0.1, 0.15) is 0 Å². The highest BCUT2D eigenvalue weighted by Crippen LogP contribution is 2.25. The lowest BCUT2D eigenvalue weighted by Gasteiger charge is -2.19. The van der Waals surface area contributed by atoms with Gasteiger partial charge < -0.3 is 15.2 Å². The number of unbranched alkanes of at least 4 members (excludes halogenated alkanes) is 1. The molecule has 0 aliphatic heterocycles. The summed E-state index contributed by atoms with van der Waals surface area (Å²) in [5.74, 6) is -1.73. The quantitative estimate of drug-likeness (QED) is 0.758. The summed E-state index contributed by atoms with van der Waals surface area (Å²) in [6.45, 7) is 8.14. The van der Waals surface area contributed by atoms with Crippen molar-refractivity contribution in [3.05, 3.63) is 34.4 Å². The van der Waals surface area contributed by atoms with Crippen LogP contribution in [0.15, 0.2) is 12.1 Å². The molecule has 1 aromatic rings. The lowest BCUT2D eigenvalue weighted by atomic mass is 9.89. The van der Waals surface area contributed by atoms with E-state index in [0.29, 0.717) is 6.61 Å². The van der Waals surface area contributed by atoms with Gasteiger partial charge in [-0.25, -0.2) is 4.79 Å². The minimum absolute atomic E-state index is 0.0189. The molecule has 0 unspecified atom stereocenters. The van der Waals surface area contributed by atoms with Gasteiger partial charge in [-0.15, -0.1) is 0 Å². The Hall–Kier alpha value is -2.04. The normalized spacial score (nSPS) is 11.8. The van der Waals surface area contributed by atoms with Gasteiger partial charge in [-0.3, -0.25) is 4.79 Å². The summed E-state index contributed by atoms with van der Waals surface area (Å²) in [5, 5.41) is 12.0. The van der Waals surface area contributed by atoms with Gasteiger partial charge in [-0.05, 0) is 43.9 Å². The van der Waals surface area contributed by atoms with Crippen LogP contribution in [0.1, 0.15) is 47.9 Å². The highest BCUT2D eigenvalue weighted by molar-refractivity contribution is 5.79. The van der Waals surface area contributed by atoms with Crippen LogP contribution in [0.2, 0.25) is 0 Å². The molecule has 1 aromatic carbocycles. The molecule has 0 fully saturated rings. The van der Waals surface area contributed by atoms with Crippen molar-refractivity contribution in [2.24, 2.45) is 0 Å². The van der Waals surface area contributed by atoms with Crippen LogP contribution in [0.5, 0.6) is 0 Å². The van der Waals surface area contributed by atoms with Crippen molar-refractivity contribution in [1.82, 2.24) is 5.32 Å². The number of hydrogen-bond donors (Lipinski definition) is 2. The summed E-state index contributed by atoms with van der Waals surface area (Å²) in [4.78, 5) is 23.1. The second-order valence-corrected chi connectivity index (χ2v) is 5.57. The first-order valence-corrected chi connectivity index (χ1v) is 7.58. The highest BCUT2D eigenvalue weighted by Gasteiger charge is 2.24. The number of amides is 1. The second kappa shape index (κ2) is 8.41. The number of hydrogen-bond acceptors (Lipinski definition) is 3. The Labute approximate surface area is 131 Å². The van der Waals surface area contributed by atoms with Gasteiger partial charge in [0.2, 0.25) is 0 Å². The molecule has 5 heteroatoms. The van der Waals surface area contributed by atoms with E-state index in [2.05, 4.69) is 5.32 Å². The van der Waals surface area contributed by atoms with Crippen molar-refractivity contribution in [2.45, 2.75) is 46.5 Å². The number of benzene rings is 1. The molecule has 0 heterocycles. The predicted octanol–water partition coefficient (Wildman–Crippen LogP) is 3.31. The molecule has 0 saturated carbocycles. The number of carbonyl (C=O) groups excluding carboxylic acids is 1. The van der Waals surface area contributed by atoms with E-state index in [-0.39, 0.29) is 6.54 Å². The minimum atomic E-state index is -0.955. The van der Waals surface area contributed by atoms with Crippen LogP contribution in [0, 0.1) is 20.8 Å². The lowest BCUT2D eigenvalue weighted by molar-refractivity contribution is -0.138. The van der Waals surface area contributed by atoms with E-state index in [1.54, 1.807) is 0 Å². The number of aryl methyl sites for hydroxylation is 3. The second-order valence-electron chi connectivity index (χ2n) is 5.57. The molecule has 0 radical (unpaired) electrons. The van der Waals surface area contributed by atoms with Crippen LogP contribution in [0.4, 0.5) is 4.79 Å². The first-order valence-electron chi connectivity index (χ1n) is 7.58. The molecule has 1 rings (SSSR count). The fourth-order valence-electron chi connectivity index (χ4n) is 2.60. The monoisotopic (exact) mass is 307 g/mol. The summed E-state index contributed by atoms with van der Waals surface area (Å²) in [6.07, 6.45) is 1.17. The molecule has 122 valence electrons. The molecule has 0 aliphatic carbocycles. The van der Waals surface area contributed by atoms with E-state index in [9.17, 15) is 14.7 Å². The van der Waals surface area contributed by atoms with Gasteiger partial charge in [-0.1, -0.05) is 31.0 Å². The number of carbonyl (C=O) groups is 2. The average Bonchev–Trinajstić information content (AvgIpc) is 2.41. The largest absolute Gasteiger partial charge is 0.481 e. The van der Waals surface area contributed by atoms with Crippen molar-refractivity contribution < 1.29 is 19.4 Å². The molecule has 0 aliphatic rings. The molecule has 5 nitrogen and oxygen atoms in total. The SMILES string of the molecule is CCCCOC(=O)NC[C@H](C(=O)O)c1c(C)cc(C)cc1C. The fraction of sp³-hybridized carbons (Fsp3) is 0.529. The first-order chi connectivity index (χ1) is 10.4. The van der Waals surface area contributed by atoms with Gasteiger partial charge in [0.25, 0.3) is 0 Å². The number of nitrogens with one attached hydrogen (secondary N) is 1. The van der Waals surface area contributed by atoms with Crippen molar-refractivity contribution >= 4 is 12.1 Å². The molecule has 0 bridgehead atoms. The summed E-state index contributed by atoms with van der Waals surface area (Å²) in [5.41, 5.74) is 3.69. The van der Waals surface area contributed by atoms with E-state index in [1.165, 1.54) is 0 Å². The van der Waals surface area contributed by atoms with Crippen LogP contribution < -0.4 is 5.32 Å². The Morgan fingerprint density at radius 2 is 1.82 bits per heavy atom. The van der Waals surface area contributed by atoms with E-state index in [4.69, 9.17) is 4.74 Å². The Balaban J connectivity index is 2.79. The third-order valence-electron chi connectivity index (χ3n) is 3.57. The van der Waals surface area contributed by atoms with Gasteiger partial charge in [0, 0.05) is 6.54 Å². The molecule has 0 aromatic heterocycles. The van der Waals surface area contributed by atoms with Crippen LogP contribution in [-0.4, -0.2) is 30.3 Å². The fourth-order valence-corrected chi connectivity index (χ4v) is 2.60. The third kappa shape index (κ3) is 5.06. The van der Waals surface area contributed by atoms with Crippen molar-refractivity contribution in [1.29, 1.82) is 0 Å². The maximum atomic E-state index is 11.6. The Bertz CT molecular complexity index is 516. The zero-order valence-electron chi connectivity index (χ0n) is 13.7. The van der Waals surface area contributed by atoms with E-state index < -0.39 is 18.0 Å². The smallest absolute Gasteiger partial charge is 0.407 e. The molecular formula is C17H25NO4. The van der Waals surface area contributed by atoms with Crippen molar-refractivity contribution in [2.75, 3.05) is 13.2 Å². The molecule has 0 saturated heterocycles. The predicted molar refractivity (Wildman–Crippen MR) is 85.3 cm³/mol. The lowest BCUT2D eigenvalue weighted by Crippen LogP contribution is -2.33. The van der Waals surface area contributed by atoms with Crippen LogP contribution in [-0.2, 0) is 9.53 Å². The number of alkyl carbamates (subject to hydrolysis) is 1. The molecular weight excluding hydrogens is 282 g/mol. The number of aliphatic carboxylic acids is 1. The van der Waals surface area contributed by atoms with Crippen molar-refractivity contribution in [3.8, 4) is 0 Å².